The number of thiophene rings is 1. The molecule has 7 heteroatoms. The average Bonchev–Trinajstić information content (AvgIpc) is 3.61. The number of rotatable bonds is 5. The van der Waals surface area contributed by atoms with Crippen molar-refractivity contribution in [2.45, 2.75) is 69.8 Å². The number of methoxy groups -OCH3 is 1. The molecule has 2 saturated carbocycles. The summed E-state index contributed by atoms with van der Waals surface area (Å²) < 4.78 is 17.0. The highest BCUT2D eigenvalue weighted by atomic mass is 32.1. The summed E-state index contributed by atoms with van der Waals surface area (Å²) >= 11 is 1.56. The van der Waals surface area contributed by atoms with Crippen LogP contribution in [0.4, 0.5) is 0 Å². The fraction of sp³-hybridized carbons (Fsp3) is 0.444. The van der Waals surface area contributed by atoms with E-state index in [0.29, 0.717) is 43.2 Å². The number of carbonyl (C=O) groups is 1. The molecule has 5 rings (SSSR count). The molecule has 2 aliphatic rings. The molecule has 0 unspecified atom stereocenters. The predicted octanol–water partition coefficient (Wildman–Crippen LogP) is 5.87. The summed E-state index contributed by atoms with van der Waals surface area (Å²) in [4.78, 5) is 17.3. The normalized spacial score (nSPS) is 17.9. The van der Waals surface area contributed by atoms with E-state index < -0.39 is 5.41 Å². The molecule has 1 aromatic carbocycles. The molecular formula is C27H28N2O4S. The summed E-state index contributed by atoms with van der Waals surface area (Å²) in [5, 5.41) is 5.99. The molecule has 0 amide bonds. The molecule has 0 aliphatic heterocycles. The number of carbonyl (C=O) groups excluding carboxylic acids is 1. The molecule has 34 heavy (non-hydrogen) atoms. The number of hydrogen-bond donors (Lipinski definition) is 0. The highest BCUT2D eigenvalue weighted by molar-refractivity contribution is 7.11. The quantitative estimate of drug-likeness (QED) is 0.429. The van der Waals surface area contributed by atoms with Gasteiger partial charge in [0.2, 0.25) is 11.7 Å². The largest absolute Gasteiger partial charge is 0.493 e. The van der Waals surface area contributed by atoms with Gasteiger partial charge in [-0.3, -0.25) is 4.79 Å². The van der Waals surface area contributed by atoms with E-state index in [1.54, 1.807) is 25.4 Å². The summed E-state index contributed by atoms with van der Waals surface area (Å²) in [5.41, 5.74) is 1.59. The van der Waals surface area contributed by atoms with E-state index in [9.17, 15) is 4.79 Å². The second-order valence-corrected chi connectivity index (χ2v) is 10.0. The van der Waals surface area contributed by atoms with Crippen molar-refractivity contribution < 1.29 is 18.8 Å². The van der Waals surface area contributed by atoms with Crippen LogP contribution in [0.2, 0.25) is 0 Å². The maximum Gasteiger partial charge on any atom is 0.223 e. The number of aromatic nitrogens is 2. The minimum absolute atomic E-state index is 0.234. The van der Waals surface area contributed by atoms with Crippen molar-refractivity contribution in [3.63, 3.8) is 0 Å². The van der Waals surface area contributed by atoms with E-state index in [1.807, 2.05) is 17.5 Å². The Hall–Kier alpha value is -3.11. The standard InChI is InChI=1S/C27H28N2O4S/c1-18-28-26(29-33-18)19-15-23(34-17-19)11-14-27(12-9-21(30)10-13-27)20-7-8-24(31-2)25(16-20)32-22-5-3-4-6-22/h7-8,15-17,22H,3-6,9-10,12-13H2,1-2H3. The van der Waals surface area contributed by atoms with Crippen molar-refractivity contribution in [3.8, 4) is 34.7 Å². The number of ether oxygens (including phenoxy) is 2. The Labute approximate surface area is 203 Å². The molecule has 0 atom stereocenters. The smallest absolute Gasteiger partial charge is 0.223 e. The van der Waals surface area contributed by atoms with E-state index in [0.717, 1.165) is 40.3 Å². The molecule has 2 aromatic heterocycles. The summed E-state index contributed by atoms with van der Waals surface area (Å²) in [7, 11) is 1.67. The van der Waals surface area contributed by atoms with Gasteiger partial charge in [-0.15, -0.1) is 11.3 Å². The van der Waals surface area contributed by atoms with Crippen molar-refractivity contribution in [1.29, 1.82) is 0 Å². The van der Waals surface area contributed by atoms with Crippen LogP contribution in [-0.4, -0.2) is 29.1 Å². The third-order valence-electron chi connectivity index (χ3n) is 6.78. The minimum atomic E-state index is -0.402. The molecule has 176 valence electrons. The van der Waals surface area contributed by atoms with Gasteiger partial charge < -0.3 is 14.0 Å². The van der Waals surface area contributed by atoms with Crippen molar-refractivity contribution in [2.75, 3.05) is 7.11 Å². The van der Waals surface area contributed by atoms with E-state index in [4.69, 9.17) is 14.0 Å². The van der Waals surface area contributed by atoms with E-state index >= 15 is 0 Å². The van der Waals surface area contributed by atoms with Crippen LogP contribution < -0.4 is 9.47 Å². The third kappa shape index (κ3) is 4.74. The van der Waals surface area contributed by atoms with Crippen molar-refractivity contribution in [1.82, 2.24) is 10.1 Å². The molecule has 0 N–H and O–H groups in total. The van der Waals surface area contributed by atoms with Gasteiger partial charge in [-0.05, 0) is 62.3 Å². The van der Waals surface area contributed by atoms with Gasteiger partial charge in [0.1, 0.15) is 5.78 Å². The predicted molar refractivity (Wildman–Crippen MR) is 130 cm³/mol. The number of hydrogen-bond acceptors (Lipinski definition) is 7. The van der Waals surface area contributed by atoms with Crippen molar-refractivity contribution >= 4 is 17.1 Å². The molecule has 6 nitrogen and oxygen atoms in total. The second-order valence-electron chi connectivity index (χ2n) is 9.10. The van der Waals surface area contributed by atoms with Crippen LogP contribution in [0.5, 0.6) is 11.5 Å². The molecule has 0 bridgehead atoms. The van der Waals surface area contributed by atoms with Gasteiger partial charge in [-0.2, -0.15) is 4.98 Å². The molecular weight excluding hydrogens is 448 g/mol. The van der Waals surface area contributed by atoms with E-state index in [1.165, 1.54) is 12.8 Å². The number of benzene rings is 1. The van der Waals surface area contributed by atoms with Crippen LogP contribution in [0, 0.1) is 18.8 Å². The Morgan fingerprint density at radius 2 is 1.94 bits per heavy atom. The zero-order valence-corrected chi connectivity index (χ0v) is 20.4. The molecule has 2 heterocycles. The lowest BCUT2D eigenvalue weighted by Gasteiger charge is -2.33. The van der Waals surface area contributed by atoms with Gasteiger partial charge in [0.15, 0.2) is 11.5 Å². The Morgan fingerprint density at radius 3 is 2.65 bits per heavy atom. The van der Waals surface area contributed by atoms with Gasteiger partial charge in [0, 0.05) is 30.7 Å². The van der Waals surface area contributed by atoms with Crippen LogP contribution in [0.1, 0.15) is 67.7 Å². The van der Waals surface area contributed by atoms with E-state index in [-0.39, 0.29) is 6.10 Å². The molecule has 0 spiro atoms. The summed E-state index contributed by atoms with van der Waals surface area (Å²) in [6, 6.07) is 8.13. The van der Waals surface area contributed by atoms with Crippen LogP contribution >= 0.6 is 11.3 Å². The first-order chi connectivity index (χ1) is 16.5. The lowest BCUT2D eigenvalue weighted by Crippen LogP contribution is -2.30. The zero-order valence-electron chi connectivity index (χ0n) is 19.6. The Balaban J connectivity index is 1.47. The first kappa shape index (κ1) is 22.7. The summed E-state index contributed by atoms with van der Waals surface area (Å²) in [5.74, 6) is 9.88. The number of aryl methyl sites for hydroxylation is 1. The maximum absolute atomic E-state index is 12.1. The number of Topliss-reactive ketones (excluding diaryl/α,β-unsaturated/α-hetero) is 1. The number of ketones is 1. The summed E-state index contributed by atoms with van der Waals surface area (Å²) in [6.07, 6.45) is 7.28. The monoisotopic (exact) mass is 476 g/mol. The molecule has 0 radical (unpaired) electrons. The van der Waals surface area contributed by atoms with Gasteiger partial charge in [0.05, 0.1) is 23.5 Å². The average molecular weight is 477 g/mol. The Bertz CT molecular complexity index is 1230. The lowest BCUT2D eigenvalue weighted by atomic mass is 9.69. The van der Waals surface area contributed by atoms with Crippen molar-refractivity contribution in [3.05, 3.63) is 46.0 Å². The highest BCUT2D eigenvalue weighted by Gasteiger charge is 2.36. The van der Waals surface area contributed by atoms with Crippen molar-refractivity contribution in [2.24, 2.45) is 0 Å². The Kier molecular flexibility index (Phi) is 6.42. The highest BCUT2D eigenvalue weighted by Crippen LogP contribution is 2.42. The fourth-order valence-corrected chi connectivity index (χ4v) is 5.54. The molecule has 2 aliphatic carbocycles. The van der Waals surface area contributed by atoms with Crippen LogP contribution in [-0.2, 0) is 10.2 Å². The maximum atomic E-state index is 12.1. The third-order valence-corrected chi connectivity index (χ3v) is 7.63. The molecule has 0 saturated heterocycles. The second kappa shape index (κ2) is 9.63. The van der Waals surface area contributed by atoms with E-state index in [2.05, 4.69) is 34.1 Å². The van der Waals surface area contributed by atoms with Gasteiger partial charge in [-0.25, -0.2) is 0 Å². The topological polar surface area (TPSA) is 74.5 Å². The Morgan fingerprint density at radius 1 is 1.15 bits per heavy atom. The minimum Gasteiger partial charge on any atom is -0.493 e. The summed E-state index contributed by atoms with van der Waals surface area (Å²) in [6.45, 7) is 1.78. The molecule has 2 fully saturated rings. The SMILES string of the molecule is COc1ccc(C2(C#Cc3cc(-c4noc(C)n4)cs3)CCC(=O)CC2)cc1OC1CCCC1. The van der Waals surface area contributed by atoms with Gasteiger partial charge in [0.25, 0.3) is 0 Å². The number of nitrogens with zero attached hydrogens (tertiary/aromatic N) is 2. The van der Waals surface area contributed by atoms with Gasteiger partial charge >= 0.3 is 0 Å². The van der Waals surface area contributed by atoms with Gasteiger partial charge in [-0.1, -0.05) is 23.1 Å². The van der Waals surface area contributed by atoms with Crippen LogP contribution in [0.25, 0.3) is 11.4 Å². The van der Waals surface area contributed by atoms with Crippen LogP contribution in [0.15, 0.2) is 34.2 Å². The molecule has 3 aromatic rings. The zero-order chi connectivity index (χ0) is 23.5. The van der Waals surface area contributed by atoms with Crippen LogP contribution in [0.3, 0.4) is 0 Å². The first-order valence-corrected chi connectivity index (χ1v) is 12.7. The fourth-order valence-electron chi connectivity index (χ4n) is 4.81. The first-order valence-electron chi connectivity index (χ1n) is 11.8. The lowest BCUT2D eigenvalue weighted by molar-refractivity contribution is -0.120.